The number of rotatable bonds is 11. The third-order valence-electron chi connectivity index (χ3n) is 6.01. The lowest BCUT2D eigenvalue weighted by molar-refractivity contribution is -0.155. The number of unbranched alkanes of at least 4 members (excludes halogenated alkanes) is 2. The van der Waals surface area contributed by atoms with Crippen molar-refractivity contribution < 1.29 is 18.7 Å². The van der Waals surface area contributed by atoms with Crippen LogP contribution in [0.4, 0.5) is 0 Å². The molecule has 0 unspecified atom stereocenters. The molecule has 0 saturated heterocycles. The van der Waals surface area contributed by atoms with E-state index in [-0.39, 0.29) is 0 Å². The largest absolute Gasteiger partial charge is 0.484 e. The molecule has 3 aromatic rings. The minimum Gasteiger partial charge on any atom is -0.484 e. The molecular formula is C31H38O5. The van der Waals surface area contributed by atoms with E-state index in [1.54, 1.807) is 13.0 Å². The van der Waals surface area contributed by atoms with Crippen LogP contribution in [0.15, 0.2) is 69.9 Å². The summed E-state index contributed by atoms with van der Waals surface area (Å²) in [6, 6.07) is 15.5. The number of hydrogen-bond acceptors (Lipinski definition) is 5. The predicted octanol–water partition coefficient (Wildman–Crippen LogP) is 7.64. The highest BCUT2D eigenvalue weighted by atomic mass is 16.6. The Morgan fingerprint density at radius 2 is 1.69 bits per heavy atom. The summed E-state index contributed by atoms with van der Waals surface area (Å²) in [6.07, 6.45) is 5.04. The summed E-state index contributed by atoms with van der Waals surface area (Å²) < 4.78 is 17.7. The first kappa shape index (κ1) is 27.3. The second kappa shape index (κ2) is 11.2. The number of esters is 1. The van der Waals surface area contributed by atoms with E-state index in [9.17, 15) is 9.59 Å². The molecule has 0 aliphatic heterocycles. The molecular weight excluding hydrogens is 452 g/mol. The maximum atomic E-state index is 13.0. The van der Waals surface area contributed by atoms with E-state index in [0.717, 1.165) is 17.4 Å². The summed E-state index contributed by atoms with van der Waals surface area (Å²) >= 11 is 0. The number of hydrogen-bond donors (Lipinski definition) is 0. The van der Waals surface area contributed by atoms with E-state index < -0.39 is 22.8 Å². The van der Waals surface area contributed by atoms with Crippen LogP contribution in [0.2, 0.25) is 0 Å². The van der Waals surface area contributed by atoms with E-state index in [1.807, 2.05) is 58.0 Å². The van der Waals surface area contributed by atoms with Crippen molar-refractivity contribution in [3.05, 3.63) is 76.7 Å². The van der Waals surface area contributed by atoms with Crippen LogP contribution >= 0.6 is 0 Å². The van der Waals surface area contributed by atoms with Gasteiger partial charge in [0.1, 0.15) is 11.2 Å². The summed E-state index contributed by atoms with van der Waals surface area (Å²) in [5.41, 5.74) is 1.47. The molecule has 0 fully saturated rings. The summed E-state index contributed by atoms with van der Waals surface area (Å²) in [7, 11) is 0. The van der Waals surface area contributed by atoms with Crippen LogP contribution in [0, 0.1) is 0 Å². The molecule has 0 aliphatic carbocycles. The van der Waals surface area contributed by atoms with Crippen LogP contribution in [0.25, 0.3) is 22.1 Å². The van der Waals surface area contributed by atoms with Gasteiger partial charge in [-0.2, -0.15) is 0 Å². The first-order valence-corrected chi connectivity index (χ1v) is 12.6. The lowest BCUT2D eigenvalue weighted by Gasteiger charge is -2.35. The fourth-order valence-electron chi connectivity index (χ4n) is 4.56. The van der Waals surface area contributed by atoms with Gasteiger partial charge in [-0.25, -0.2) is 9.59 Å². The Bertz CT molecular complexity index is 1280. The minimum atomic E-state index is -0.777. The number of carbonyl (C=O) groups excluding carboxylic acids is 1. The summed E-state index contributed by atoms with van der Waals surface area (Å²) in [4.78, 5) is 25.0. The molecule has 0 radical (unpaired) electrons. The van der Waals surface area contributed by atoms with Crippen molar-refractivity contribution in [1.29, 1.82) is 0 Å². The topological polar surface area (TPSA) is 65.7 Å². The van der Waals surface area contributed by atoms with Crippen LogP contribution in [-0.2, 0) is 16.0 Å². The first-order valence-electron chi connectivity index (χ1n) is 12.6. The maximum absolute atomic E-state index is 13.0. The van der Waals surface area contributed by atoms with Gasteiger partial charge in [-0.1, -0.05) is 62.7 Å². The third kappa shape index (κ3) is 7.09. The van der Waals surface area contributed by atoms with E-state index in [2.05, 4.69) is 25.6 Å². The van der Waals surface area contributed by atoms with Crippen molar-refractivity contribution in [2.75, 3.05) is 0 Å². The smallest absolute Gasteiger partial charge is 0.344 e. The standard InChI is InChI=1S/C31H38O5/c1-8-9-10-12-22-15-17-23(18-16-22)25-19-24-13-11-14-26(27(24)34-29(25)33)35-30(4,5)20-31(6,7)36-28(32)21(2)3/h11,13-19H,2,8-10,12,20H2,1,3-7H3. The average Bonchev–Trinajstić information content (AvgIpc) is 2.78. The van der Waals surface area contributed by atoms with Gasteiger partial charge in [0.2, 0.25) is 0 Å². The lowest BCUT2D eigenvalue weighted by Crippen LogP contribution is -2.40. The monoisotopic (exact) mass is 490 g/mol. The maximum Gasteiger partial charge on any atom is 0.344 e. The predicted molar refractivity (Wildman–Crippen MR) is 145 cm³/mol. The average molecular weight is 491 g/mol. The van der Waals surface area contributed by atoms with Crippen molar-refractivity contribution in [2.45, 2.75) is 84.8 Å². The number of ether oxygens (including phenoxy) is 2. The number of aryl methyl sites for hydroxylation is 1. The first-order chi connectivity index (χ1) is 16.9. The quantitative estimate of drug-likeness (QED) is 0.120. The third-order valence-corrected chi connectivity index (χ3v) is 6.01. The van der Waals surface area contributed by atoms with Crippen LogP contribution in [-0.4, -0.2) is 17.2 Å². The van der Waals surface area contributed by atoms with E-state index >= 15 is 0 Å². The molecule has 0 spiro atoms. The molecule has 3 rings (SSSR count). The second-order valence-corrected chi connectivity index (χ2v) is 10.7. The SMILES string of the molecule is C=C(C)C(=O)OC(C)(C)CC(C)(C)Oc1cccc2cc(-c3ccc(CCCCC)cc3)c(=O)oc12. The van der Waals surface area contributed by atoms with Gasteiger partial charge >= 0.3 is 11.6 Å². The highest BCUT2D eigenvalue weighted by Crippen LogP contribution is 2.34. The zero-order valence-electron chi connectivity index (χ0n) is 22.4. The summed E-state index contributed by atoms with van der Waals surface area (Å²) in [6.45, 7) is 15.0. The van der Waals surface area contributed by atoms with Crippen molar-refractivity contribution in [2.24, 2.45) is 0 Å². The fraction of sp³-hybridized carbons (Fsp3) is 0.419. The minimum absolute atomic E-state index is 0.347. The van der Waals surface area contributed by atoms with Gasteiger partial charge in [0.25, 0.3) is 0 Å². The molecule has 36 heavy (non-hydrogen) atoms. The van der Waals surface area contributed by atoms with Crippen LogP contribution in [0.5, 0.6) is 5.75 Å². The normalized spacial score (nSPS) is 11.9. The second-order valence-electron chi connectivity index (χ2n) is 10.7. The van der Waals surface area contributed by atoms with Gasteiger partial charge in [-0.15, -0.1) is 0 Å². The van der Waals surface area contributed by atoms with Crippen LogP contribution in [0.1, 0.15) is 72.8 Å². The molecule has 5 heteroatoms. The van der Waals surface area contributed by atoms with Crippen molar-refractivity contribution >= 4 is 16.9 Å². The summed E-state index contributed by atoms with van der Waals surface area (Å²) in [5.74, 6) is 0.0305. The molecule has 1 heterocycles. The number of fused-ring (bicyclic) bond motifs is 1. The molecule has 0 atom stereocenters. The molecule has 5 nitrogen and oxygen atoms in total. The van der Waals surface area contributed by atoms with Crippen molar-refractivity contribution in [3.8, 4) is 16.9 Å². The highest BCUT2D eigenvalue weighted by Gasteiger charge is 2.34. The Balaban J connectivity index is 1.84. The molecule has 0 amide bonds. The van der Waals surface area contributed by atoms with Gasteiger partial charge in [-0.05, 0) is 70.7 Å². The summed E-state index contributed by atoms with van der Waals surface area (Å²) in [5, 5.41) is 0.776. The molecule has 1 aromatic heterocycles. The number of para-hydroxylation sites is 1. The molecule has 0 bridgehead atoms. The van der Waals surface area contributed by atoms with Crippen LogP contribution in [0.3, 0.4) is 0 Å². The lowest BCUT2D eigenvalue weighted by atomic mass is 9.92. The number of carbonyl (C=O) groups is 1. The molecule has 0 aliphatic rings. The van der Waals surface area contributed by atoms with Crippen molar-refractivity contribution in [3.63, 3.8) is 0 Å². The van der Waals surface area contributed by atoms with Gasteiger partial charge in [0.05, 0.1) is 5.56 Å². The van der Waals surface area contributed by atoms with E-state index in [1.165, 1.54) is 24.8 Å². The Morgan fingerprint density at radius 3 is 2.33 bits per heavy atom. The Labute approximate surface area is 214 Å². The number of benzene rings is 2. The van der Waals surface area contributed by atoms with Gasteiger partial charge in [0.15, 0.2) is 11.3 Å². The zero-order chi connectivity index (χ0) is 26.5. The Morgan fingerprint density at radius 1 is 1.00 bits per heavy atom. The fourth-order valence-corrected chi connectivity index (χ4v) is 4.56. The molecule has 192 valence electrons. The van der Waals surface area contributed by atoms with Gasteiger partial charge in [0, 0.05) is 17.4 Å². The highest BCUT2D eigenvalue weighted by molar-refractivity contribution is 5.87. The molecule has 0 N–H and O–H groups in total. The van der Waals surface area contributed by atoms with Gasteiger partial charge in [-0.3, -0.25) is 0 Å². The van der Waals surface area contributed by atoms with Crippen molar-refractivity contribution in [1.82, 2.24) is 0 Å². The van der Waals surface area contributed by atoms with Crippen LogP contribution < -0.4 is 10.4 Å². The Hall–Kier alpha value is -3.34. The zero-order valence-corrected chi connectivity index (χ0v) is 22.4. The Kier molecular flexibility index (Phi) is 8.44. The van der Waals surface area contributed by atoms with Gasteiger partial charge < -0.3 is 13.9 Å². The molecule has 2 aromatic carbocycles. The van der Waals surface area contributed by atoms with E-state index in [4.69, 9.17) is 13.9 Å². The molecule has 0 saturated carbocycles. The van der Waals surface area contributed by atoms with E-state index in [0.29, 0.717) is 28.9 Å².